The van der Waals surface area contributed by atoms with Crippen LogP contribution in [0.5, 0.6) is 11.5 Å². The van der Waals surface area contributed by atoms with Crippen LogP contribution in [-0.2, 0) is 0 Å². The summed E-state index contributed by atoms with van der Waals surface area (Å²) in [6, 6.07) is 13.4. The minimum atomic E-state index is 0.146. The Hall–Kier alpha value is -2.36. The molecule has 4 heteroatoms. The number of benzene rings is 2. The zero-order chi connectivity index (χ0) is 12.0. The van der Waals surface area contributed by atoms with Crippen molar-refractivity contribution in [3.05, 3.63) is 48.5 Å². The van der Waals surface area contributed by atoms with Gasteiger partial charge in [-0.1, -0.05) is 24.3 Å². The van der Waals surface area contributed by atoms with Gasteiger partial charge in [0.25, 0.3) is 0 Å². The van der Waals surface area contributed by atoms with Gasteiger partial charge in [0.1, 0.15) is 11.5 Å². The fourth-order valence-corrected chi connectivity index (χ4v) is 0.975. The largest absolute Gasteiger partial charge is 0.506 e. The first kappa shape index (κ1) is 11.7. The third-order valence-corrected chi connectivity index (χ3v) is 1.87. The summed E-state index contributed by atoms with van der Waals surface area (Å²) in [6.45, 7) is 0. The Morgan fingerprint density at radius 2 is 0.938 bits per heavy atom. The number of nitrogen functional groups attached to an aromatic ring is 2. The summed E-state index contributed by atoms with van der Waals surface area (Å²) in [5.41, 5.74) is 11.4. The monoisotopic (exact) mass is 218 g/mol. The minimum Gasteiger partial charge on any atom is -0.506 e. The molecule has 0 unspecified atom stereocenters. The number of aromatic hydroxyl groups is 2. The Labute approximate surface area is 93.8 Å². The molecule has 0 saturated heterocycles. The van der Waals surface area contributed by atoms with Crippen LogP contribution in [0.2, 0.25) is 0 Å². The van der Waals surface area contributed by atoms with Gasteiger partial charge in [-0.25, -0.2) is 0 Å². The van der Waals surface area contributed by atoms with Gasteiger partial charge in [-0.2, -0.15) is 0 Å². The van der Waals surface area contributed by atoms with Crippen molar-refractivity contribution in [2.24, 2.45) is 0 Å². The second kappa shape index (κ2) is 5.50. The average molecular weight is 218 g/mol. The highest BCUT2D eigenvalue weighted by atomic mass is 16.3. The Morgan fingerprint density at radius 3 is 1.12 bits per heavy atom. The van der Waals surface area contributed by atoms with E-state index in [1.54, 1.807) is 48.5 Å². The summed E-state index contributed by atoms with van der Waals surface area (Å²) in [4.78, 5) is 0. The number of hydrogen-bond donors (Lipinski definition) is 4. The maximum absolute atomic E-state index is 8.79. The van der Waals surface area contributed by atoms with Gasteiger partial charge in [-0.3, -0.25) is 0 Å². The zero-order valence-electron chi connectivity index (χ0n) is 8.67. The molecule has 0 bridgehead atoms. The molecule has 0 saturated carbocycles. The predicted octanol–water partition coefficient (Wildman–Crippen LogP) is 1.95. The van der Waals surface area contributed by atoms with Gasteiger partial charge in [0.15, 0.2) is 0 Å². The molecule has 0 amide bonds. The molecule has 4 nitrogen and oxygen atoms in total. The lowest BCUT2D eigenvalue weighted by molar-refractivity contribution is 0.477. The molecule has 0 radical (unpaired) electrons. The molecule has 0 atom stereocenters. The van der Waals surface area contributed by atoms with Gasteiger partial charge in [0, 0.05) is 0 Å². The minimum absolute atomic E-state index is 0.146. The van der Waals surface area contributed by atoms with Gasteiger partial charge in [0.05, 0.1) is 11.4 Å². The van der Waals surface area contributed by atoms with E-state index in [0.717, 1.165) is 0 Å². The normalized spacial score (nSPS) is 9.00. The summed E-state index contributed by atoms with van der Waals surface area (Å²) in [6.07, 6.45) is 0. The molecule has 2 rings (SSSR count). The average Bonchev–Trinajstić information content (AvgIpc) is 2.28. The van der Waals surface area contributed by atoms with Gasteiger partial charge in [-0.05, 0) is 24.3 Å². The summed E-state index contributed by atoms with van der Waals surface area (Å²) in [5.74, 6) is 0.292. The fourth-order valence-electron chi connectivity index (χ4n) is 0.975. The Kier molecular flexibility index (Phi) is 4.03. The Bertz CT molecular complexity index is 373. The van der Waals surface area contributed by atoms with Crippen LogP contribution in [-0.4, -0.2) is 10.2 Å². The summed E-state index contributed by atoms with van der Waals surface area (Å²) < 4.78 is 0. The SMILES string of the molecule is Nc1ccccc1O.Nc1ccccc1O. The number of hydrogen-bond acceptors (Lipinski definition) is 4. The van der Waals surface area contributed by atoms with Crippen LogP contribution in [0.4, 0.5) is 11.4 Å². The highest BCUT2D eigenvalue weighted by Gasteiger charge is 1.88. The topological polar surface area (TPSA) is 92.5 Å². The van der Waals surface area contributed by atoms with Gasteiger partial charge < -0.3 is 21.7 Å². The predicted molar refractivity (Wildman–Crippen MR) is 65.0 cm³/mol. The van der Waals surface area contributed by atoms with E-state index in [0.29, 0.717) is 11.4 Å². The molecular weight excluding hydrogens is 204 g/mol. The van der Waals surface area contributed by atoms with Crippen LogP contribution < -0.4 is 11.5 Å². The van der Waals surface area contributed by atoms with Crippen molar-refractivity contribution < 1.29 is 10.2 Å². The van der Waals surface area contributed by atoms with Crippen LogP contribution >= 0.6 is 0 Å². The molecule has 0 aliphatic carbocycles. The van der Waals surface area contributed by atoms with Crippen molar-refractivity contribution in [2.75, 3.05) is 11.5 Å². The molecule has 6 N–H and O–H groups in total. The molecule has 0 fully saturated rings. The third kappa shape index (κ3) is 3.42. The second-order valence-electron chi connectivity index (χ2n) is 3.12. The molecule has 2 aromatic carbocycles. The van der Waals surface area contributed by atoms with E-state index < -0.39 is 0 Å². The number of phenols is 2. The molecule has 0 heterocycles. The Morgan fingerprint density at radius 1 is 0.625 bits per heavy atom. The van der Waals surface area contributed by atoms with E-state index >= 15 is 0 Å². The van der Waals surface area contributed by atoms with Crippen molar-refractivity contribution in [3.63, 3.8) is 0 Å². The van der Waals surface area contributed by atoms with Crippen LogP contribution in [0, 0.1) is 0 Å². The van der Waals surface area contributed by atoms with Crippen molar-refractivity contribution >= 4 is 11.4 Å². The fraction of sp³-hybridized carbons (Fsp3) is 0. The van der Waals surface area contributed by atoms with Gasteiger partial charge in [-0.15, -0.1) is 0 Å². The van der Waals surface area contributed by atoms with E-state index in [-0.39, 0.29) is 11.5 Å². The van der Waals surface area contributed by atoms with E-state index in [1.807, 2.05) is 0 Å². The number of rotatable bonds is 0. The molecule has 0 aliphatic heterocycles. The van der Waals surface area contributed by atoms with Crippen LogP contribution in [0.15, 0.2) is 48.5 Å². The van der Waals surface area contributed by atoms with Crippen LogP contribution in [0.1, 0.15) is 0 Å². The summed E-state index contributed by atoms with van der Waals surface area (Å²) >= 11 is 0. The summed E-state index contributed by atoms with van der Waals surface area (Å²) in [7, 11) is 0. The van der Waals surface area contributed by atoms with Gasteiger partial charge >= 0.3 is 0 Å². The lowest BCUT2D eigenvalue weighted by Gasteiger charge is -1.92. The van der Waals surface area contributed by atoms with Crippen molar-refractivity contribution in [1.82, 2.24) is 0 Å². The van der Waals surface area contributed by atoms with Gasteiger partial charge in [0.2, 0.25) is 0 Å². The van der Waals surface area contributed by atoms with Crippen LogP contribution in [0.25, 0.3) is 0 Å². The summed E-state index contributed by atoms with van der Waals surface area (Å²) in [5, 5.41) is 17.6. The zero-order valence-corrected chi connectivity index (χ0v) is 8.67. The number of para-hydroxylation sites is 4. The van der Waals surface area contributed by atoms with E-state index in [2.05, 4.69) is 0 Å². The van der Waals surface area contributed by atoms with Crippen molar-refractivity contribution in [2.45, 2.75) is 0 Å². The maximum Gasteiger partial charge on any atom is 0.138 e. The lowest BCUT2D eigenvalue weighted by atomic mass is 10.3. The number of nitrogens with two attached hydrogens (primary N) is 2. The molecule has 0 spiro atoms. The number of anilines is 2. The first-order valence-electron chi connectivity index (χ1n) is 4.68. The quantitative estimate of drug-likeness (QED) is 0.401. The molecular formula is C12H14N2O2. The first-order chi connectivity index (χ1) is 7.61. The molecule has 84 valence electrons. The highest BCUT2D eigenvalue weighted by Crippen LogP contribution is 2.16. The highest BCUT2D eigenvalue weighted by molar-refractivity contribution is 5.51. The second-order valence-corrected chi connectivity index (χ2v) is 3.12. The first-order valence-corrected chi connectivity index (χ1v) is 4.68. The molecule has 2 aromatic rings. The lowest BCUT2D eigenvalue weighted by Crippen LogP contribution is -1.82. The van der Waals surface area contributed by atoms with Crippen molar-refractivity contribution in [3.8, 4) is 11.5 Å². The van der Waals surface area contributed by atoms with Crippen LogP contribution in [0.3, 0.4) is 0 Å². The van der Waals surface area contributed by atoms with E-state index in [4.69, 9.17) is 21.7 Å². The third-order valence-electron chi connectivity index (χ3n) is 1.87. The van der Waals surface area contributed by atoms with Crippen molar-refractivity contribution in [1.29, 1.82) is 0 Å². The molecule has 0 aliphatic rings. The van der Waals surface area contributed by atoms with E-state index in [9.17, 15) is 0 Å². The Balaban J connectivity index is 0.000000160. The number of phenolic OH excluding ortho intramolecular Hbond substituents is 2. The standard InChI is InChI=1S/2C6H7NO/c2*7-5-3-1-2-4-6(5)8/h2*1-4,8H,7H2. The molecule has 0 aromatic heterocycles. The maximum atomic E-state index is 8.79. The van der Waals surface area contributed by atoms with E-state index in [1.165, 1.54) is 0 Å². The smallest absolute Gasteiger partial charge is 0.138 e. The molecule has 16 heavy (non-hydrogen) atoms.